The van der Waals surface area contributed by atoms with Crippen LogP contribution in [0.2, 0.25) is 0 Å². The summed E-state index contributed by atoms with van der Waals surface area (Å²) in [6.07, 6.45) is -0.0228. The number of benzene rings is 1. The van der Waals surface area contributed by atoms with Gasteiger partial charge in [-0.25, -0.2) is 4.98 Å². The molecule has 1 aromatic heterocycles. The smallest absolute Gasteiger partial charge is 0.336 e. The van der Waals surface area contributed by atoms with Crippen LogP contribution in [-0.2, 0) is 19.8 Å². The minimum absolute atomic E-state index is 0.0228. The molecule has 29 heavy (non-hydrogen) atoms. The van der Waals surface area contributed by atoms with E-state index in [4.69, 9.17) is 23.3 Å². The van der Waals surface area contributed by atoms with Gasteiger partial charge in [-0.2, -0.15) is 0 Å². The van der Waals surface area contributed by atoms with E-state index in [9.17, 15) is 9.36 Å². The van der Waals surface area contributed by atoms with Gasteiger partial charge < -0.3 is 23.3 Å². The lowest BCUT2D eigenvalue weighted by atomic mass is 10.1. The summed E-state index contributed by atoms with van der Waals surface area (Å²) < 4.78 is 39.3. The molecule has 2 rings (SSSR count). The zero-order valence-corrected chi connectivity index (χ0v) is 18.2. The molecule has 158 valence electrons. The molecule has 0 aliphatic heterocycles. The second-order valence-corrected chi connectivity index (χ2v) is 7.92. The van der Waals surface area contributed by atoms with Crippen LogP contribution >= 0.6 is 7.60 Å². The van der Waals surface area contributed by atoms with Gasteiger partial charge in [0.2, 0.25) is 11.5 Å². The molecular weight excluding hydrogens is 397 g/mol. The van der Waals surface area contributed by atoms with Gasteiger partial charge >= 0.3 is 7.60 Å². The van der Waals surface area contributed by atoms with Crippen LogP contribution in [0, 0.1) is 0 Å². The third kappa shape index (κ3) is 5.56. The highest BCUT2D eigenvalue weighted by Crippen LogP contribution is 2.51. The molecule has 0 bridgehead atoms. The maximum atomic E-state index is 13.0. The Morgan fingerprint density at radius 1 is 0.966 bits per heavy atom. The number of ketones is 1. The number of nitrogens with zero attached hydrogens (tertiary/aromatic N) is 1. The van der Waals surface area contributed by atoms with Crippen molar-refractivity contribution in [3.8, 4) is 17.2 Å². The number of rotatable bonds is 11. The van der Waals surface area contributed by atoms with Gasteiger partial charge in [-0.3, -0.25) is 9.36 Å². The number of aromatic nitrogens is 1. The quantitative estimate of drug-likeness (QED) is 0.394. The summed E-state index contributed by atoms with van der Waals surface area (Å²) in [6.45, 7) is 3.98. The number of hydrogen-bond donors (Lipinski definition) is 0. The van der Waals surface area contributed by atoms with E-state index in [0.717, 1.165) is 0 Å². The Kier molecular flexibility index (Phi) is 8.20. The normalized spacial score (nSPS) is 11.2. The lowest BCUT2D eigenvalue weighted by Gasteiger charge is -2.17. The molecule has 0 N–H and O–H groups in total. The van der Waals surface area contributed by atoms with E-state index >= 15 is 0 Å². The fourth-order valence-electron chi connectivity index (χ4n) is 2.77. The topological polar surface area (TPSA) is 93.2 Å². The van der Waals surface area contributed by atoms with Gasteiger partial charge in [-0.05, 0) is 38.1 Å². The molecule has 2 aromatic rings. The van der Waals surface area contributed by atoms with E-state index in [1.807, 2.05) is 0 Å². The molecule has 0 saturated carbocycles. The van der Waals surface area contributed by atoms with E-state index in [1.54, 1.807) is 44.2 Å². The standard InChI is InChI=1S/C20H26NO7P/c1-6-27-29(23,28-7-2)13-15-9-8-10-16(21-15)19(22)14-11-17(24-3)20(26-5)18(12-14)25-4/h8-12H,6-7,13H2,1-5H3. The van der Waals surface area contributed by atoms with Gasteiger partial charge in [0.05, 0.1) is 46.4 Å². The van der Waals surface area contributed by atoms with Crippen molar-refractivity contribution < 1.29 is 32.6 Å². The van der Waals surface area contributed by atoms with Crippen molar-refractivity contribution in [3.63, 3.8) is 0 Å². The maximum absolute atomic E-state index is 13.0. The summed E-state index contributed by atoms with van der Waals surface area (Å²) in [6, 6.07) is 8.06. The molecule has 1 aromatic carbocycles. The Balaban J connectivity index is 2.38. The van der Waals surface area contributed by atoms with Crippen LogP contribution in [0.1, 0.15) is 35.6 Å². The molecule has 0 aliphatic carbocycles. The Bertz CT molecular complexity index is 865. The summed E-state index contributed by atoms with van der Waals surface area (Å²) in [5.74, 6) is 0.781. The molecule has 0 fully saturated rings. The van der Waals surface area contributed by atoms with Crippen LogP contribution in [-0.4, -0.2) is 45.3 Å². The zero-order chi connectivity index (χ0) is 21.4. The lowest BCUT2D eigenvalue weighted by Crippen LogP contribution is -2.08. The van der Waals surface area contributed by atoms with Gasteiger partial charge in [0.1, 0.15) is 5.69 Å². The van der Waals surface area contributed by atoms with Crippen molar-refractivity contribution in [3.05, 3.63) is 47.3 Å². The molecule has 0 amide bonds. The highest BCUT2D eigenvalue weighted by atomic mass is 31.2. The van der Waals surface area contributed by atoms with E-state index in [-0.39, 0.29) is 30.9 Å². The van der Waals surface area contributed by atoms with E-state index in [0.29, 0.717) is 28.5 Å². The lowest BCUT2D eigenvalue weighted by molar-refractivity contribution is 0.103. The molecular formula is C20H26NO7P. The first-order valence-corrected chi connectivity index (χ1v) is 10.8. The average Bonchev–Trinajstić information content (AvgIpc) is 2.72. The molecule has 1 heterocycles. The minimum Gasteiger partial charge on any atom is -0.493 e. The number of carbonyl (C=O) groups is 1. The van der Waals surface area contributed by atoms with E-state index in [1.165, 1.54) is 21.3 Å². The maximum Gasteiger partial charge on any atom is 0.336 e. The molecule has 0 aliphatic rings. The third-order valence-electron chi connectivity index (χ3n) is 3.97. The summed E-state index contributed by atoms with van der Waals surface area (Å²) in [7, 11) is 1.11. The Labute approximate surface area is 170 Å². The molecule has 9 heteroatoms. The van der Waals surface area contributed by atoms with Crippen LogP contribution in [0.15, 0.2) is 30.3 Å². The van der Waals surface area contributed by atoms with Crippen LogP contribution in [0.25, 0.3) is 0 Å². The Morgan fingerprint density at radius 3 is 2.03 bits per heavy atom. The molecule has 0 atom stereocenters. The predicted molar refractivity (Wildman–Crippen MR) is 108 cm³/mol. The average molecular weight is 423 g/mol. The highest BCUT2D eigenvalue weighted by molar-refractivity contribution is 7.53. The molecule has 0 saturated heterocycles. The number of carbonyl (C=O) groups excluding carboxylic acids is 1. The predicted octanol–water partition coefficient (Wildman–Crippen LogP) is 4.10. The van der Waals surface area contributed by atoms with Gasteiger partial charge in [0.15, 0.2) is 11.5 Å². The monoisotopic (exact) mass is 423 g/mol. The fourth-order valence-corrected chi connectivity index (χ4v) is 4.39. The van der Waals surface area contributed by atoms with Gasteiger partial charge in [0, 0.05) is 5.56 Å². The number of hydrogen-bond acceptors (Lipinski definition) is 8. The second-order valence-electron chi connectivity index (χ2n) is 5.86. The van der Waals surface area contributed by atoms with Crippen LogP contribution < -0.4 is 14.2 Å². The largest absolute Gasteiger partial charge is 0.493 e. The summed E-state index contributed by atoms with van der Waals surface area (Å²) in [5.41, 5.74) is 0.951. The minimum atomic E-state index is -3.33. The SMILES string of the molecule is CCOP(=O)(Cc1cccc(C(=O)c2cc(OC)c(OC)c(OC)c2)n1)OCC. The molecule has 8 nitrogen and oxygen atoms in total. The summed E-state index contributed by atoms with van der Waals surface area (Å²) >= 11 is 0. The van der Waals surface area contributed by atoms with Crippen molar-refractivity contribution in [2.75, 3.05) is 34.5 Å². The Morgan fingerprint density at radius 2 is 1.55 bits per heavy atom. The van der Waals surface area contributed by atoms with Gasteiger partial charge in [0.25, 0.3) is 0 Å². The first kappa shape index (κ1) is 22.9. The first-order chi connectivity index (χ1) is 13.9. The summed E-state index contributed by atoms with van der Waals surface area (Å²) in [4.78, 5) is 17.4. The van der Waals surface area contributed by atoms with E-state index < -0.39 is 7.60 Å². The van der Waals surface area contributed by atoms with Gasteiger partial charge in [-0.1, -0.05) is 6.07 Å². The van der Waals surface area contributed by atoms with Crippen molar-refractivity contribution in [1.82, 2.24) is 4.98 Å². The number of methoxy groups -OCH3 is 3. The fraction of sp³-hybridized carbons (Fsp3) is 0.400. The molecule has 0 spiro atoms. The third-order valence-corrected chi connectivity index (χ3v) is 5.99. The zero-order valence-electron chi connectivity index (χ0n) is 17.3. The second kappa shape index (κ2) is 10.4. The Hall–Kier alpha value is -2.41. The van der Waals surface area contributed by atoms with E-state index in [2.05, 4.69) is 4.98 Å². The van der Waals surface area contributed by atoms with Gasteiger partial charge in [-0.15, -0.1) is 0 Å². The number of ether oxygens (including phenoxy) is 3. The number of pyridine rings is 1. The van der Waals surface area contributed by atoms with Crippen LogP contribution in [0.3, 0.4) is 0 Å². The summed E-state index contributed by atoms with van der Waals surface area (Å²) in [5, 5.41) is 0. The van der Waals surface area contributed by atoms with Crippen molar-refractivity contribution >= 4 is 13.4 Å². The van der Waals surface area contributed by atoms with Crippen molar-refractivity contribution in [2.45, 2.75) is 20.0 Å². The van der Waals surface area contributed by atoms with Crippen LogP contribution in [0.4, 0.5) is 0 Å². The van der Waals surface area contributed by atoms with Crippen LogP contribution in [0.5, 0.6) is 17.2 Å². The highest BCUT2D eigenvalue weighted by Gasteiger charge is 2.26. The van der Waals surface area contributed by atoms with Crippen molar-refractivity contribution in [1.29, 1.82) is 0 Å². The molecule has 0 radical (unpaired) electrons. The first-order valence-electron chi connectivity index (χ1n) is 9.10. The molecule has 0 unspecified atom stereocenters. The van der Waals surface area contributed by atoms with Crippen molar-refractivity contribution in [2.24, 2.45) is 0 Å².